The van der Waals surface area contributed by atoms with E-state index in [-0.39, 0.29) is 0 Å². The van der Waals surface area contributed by atoms with E-state index in [1.54, 1.807) is 6.07 Å². The summed E-state index contributed by atoms with van der Waals surface area (Å²) in [4.78, 5) is 0. The molecule has 2 heteroatoms. The van der Waals surface area contributed by atoms with Crippen LogP contribution in [0.2, 0.25) is 0 Å². The van der Waals surface area contributed by atoms with Crippen LogP contribution in [0.1, 0.15) is 63.0 Å². The van der Waals surface area contributed by atoms with Crippen molar-refractivity contribution in [3.63, 3.8) is 0 Å². The van der Waals surface area contributed by atoms with Crippen LogP contribution in [0.15, 0.2) is 18.2 Å². The zero-order valence-electron chi connectivity index (χ0n) is 12.5. The van der Waals surface area contributed by atoms with Crippen molar-refractivity contribution in [2.24, 2.45) is 0 Å². The molecule has 0 amide bonds. The lowest BCUT2D eigenvalue weighted by Gasteiger charge is -2.11. The van der Waals surface area contributed by atoms with Gasteiger partial charge in [0.05, 0.1) is 0 Å². The molecule has 0 saturated heterocycles. The van der Waals surface area contributed by atoms with Gasteiger partial charge in [0.2, 0.25) is 0 Å². The Balaban J connectivity index is 2.32. The standard InChI is InChI=1S/C17H29NO/c1-3-4-5-6-7-8-9-12-16-15(14-18-2)11-10-13-17(16)19/h10-11,13,18-19H,3-9,12,14H2,1-2H3. The summed E-state index contributed by atoms with van der Waals surface area (Å²) < 4.78 is 0. The quantitative estimate of drug-likeness (QED) is 0.613. The van der Waals surface area contributed by atoms with Gasteiger partial charge in [-0.2, -0.15) is 0 Å². The van der Waals surface area contributed by atoms with Crippen molar-refractivity contribution in [3.8, 4) is 5.75 Å². The van der Waals surface area contributed by atoms with E-state index in [9.17, 15) is 5.11 Å². The van der Waals surface area contributed by atoms with E-state index in [4.69, 9.17) is 0 Å². The predicted octanol–water partition coefficient (Wildman–Crippen LogP) is 4.40. The van der Waals surface area contributed by atoms with Crippen LogP contribution in [-0.4, -0.2) is 12.2 Å². The molecule has 1 rings (SSSR count). The fourth-order valence-electron chi connectivity index (χ4n) is 2.52. The molecule has 1 aromatic carbocycles. The molecular weight excluding hydrogens is 234 g/mol. The second-order valence-corrected chi connectivity index (χ2v) is 5.32. The Kier molecular flexibility index (Phi) is 8.31. The molecule has 19 heavy (non-hydrogen) atoms. The molecule has 0 heterocycles. The van der Waals surface area contributed by atoms with Crippen molar-refractivity contribution in [3.05, 3.63) is 29.3 Å². The number of benzene rings is 1. The minimum absolute atomic E-state index is 0.457. The van der Waals surface area contributed by atoms with Gasteiger partial charge >= 0.3 is 0 Å². The first-order valence-corrected chi connectivity index (χ1v) is 7.74. The highest BCUT2D eigenvalue weighted by Gasteiger charge is 2.06. The second kappa shape index (κ2) is 9.85. The molecular formula is C17H29NO. The van der Waals surface area contributed by atoms with Gasteiger partial charge in [0.25, 0.3) is 0 Å². The maximum Gasteiger partial charge on any atom is 0.119 e. The first kappa shape index (κ1) is 16.0. The van der Waals surface area contributed by atoms with Crippen LogP contribution in [-0.2, 0) is 13.0 Å². The van der Waals surface area contributed by atoms with Gasteiger partial charge < -0.3 is 10.4 Å². The SMILES string of the molecule is CCCCCCCCCc1c(O)cccc1CNC. The maximum absolute atomic E-state index is 9.96. The van der Waals surface area contributed by atoms with Crippen LogP contribution in [0.25, 0.3) is 0 Å². The Hall–Kier alpha value is -1.02. The molecule has 2 nitrogen and oxygen atoms in total. The lowest BCUT2D eigenvalue weighted by atomic mass is 9.99. The third kappa shape index (κ3) is 6.11. The van der Waals surface area contributed by atoms with E-state index in [0.717, 1.165) is 18.5 Å². The Morgan fingerprint density at radius 1 is 1.00 bits per heavy atom. The molecule has 0 aliphatic rings. The first-order valence-electron chi connectivity index (χ1n) is 7.74. The van der Waals surface area contributed by atoms with Crippen LogP contribution in [0.5, 0.6) is 5.75 Å². The van der Waals surface area contributed by atoms with Gasteiger partial charge in [-0.25, -0.2) is 0 Å². The van der Waals surface area contributed by atoms with Crippen molar-refractivity contribution in [1.29, 1.82) is 0 Å². The molecule has 108 valence electrons. The Morgan fingerprint density at radius 3 is 2.37 bits per heavy atom. The number of hydrogen-bond acceptors (Lipinski definition) is 2. The lowest BCUT2D eigenvalue weighted by molar-refractivity contribution is 0.464. The summed E-state index contributed by atoms with van der Waals surface area (Å²) in [7, 11) is 1.95. The molecule has 0 bridgehead atoms. The monoisotopic (exact) mass is 263 g/mol. The number of phenols is 1. The number of rotatable bonds is 10. The molecule has 0 atom stereocenters. The normalized spacial score (nSPS) is 10.8. The van der Waals surface area contributed by atoms with Crippen LogP contribution in [0.4, 0.5) is 0 Å². The predicted molar refractivity (Wildman–Crippen MR) is 82.6 cm³/mol. The second-order valence-electron chi connectivity index (χ2n) is 5.32. The van der Waals surface area contributed by atoms with E-state index >= 15 is 0 Å². The zero-order valence-corrected chi connectivity index (χ0v) is 12.5. The average Bonchev–Trinajstić information content (AvgIpc) is 2.41. The summed E-state index contributed by atoms with van der Waals surface area (Å²) in [6.45, 7) is 3.09. The Labute approximate surface area is 118 Å². The number of nitrogens with one attached hydrogen (secondary N) is 1. The molecule has 0 aliphatic carbocycles. The van der Waals surface area contributed by atoms with Crippen LogP contribution in [0, 0.1) is 0 Å². The molecule has 0 fully saturated rings. The van der Waals surface area contributed by atoms with Crippen molar-refractivity contribution in [1.82, 2.24) is 5.32 Å². The van der Waals surface area contributed by atoms with Gasteiger partial charge in [0.1, 0.15) is 5.75 Å². The summed E-state index contributed by atoms with van der Waals surface area (Å²) in [5, 5.41) is 13.1. The highest BCUT2D eigenvalue weighted by Crippen LogP contribution is 2.23. The summed E-state index contributed by atoms with van der Waals surface area (Å²) in [6, 6.07) is 5.83. The third-order valence-electron chi connectivity index (χ3n) is 3.65. The third-order valence-corrected chi connectivity index (χ3v) is 3.65. The topological polar surface area (TPSA) is 32.3 Å². The van der Waals surface area contributed by atoms with Gasteiger partial charge in [-0.15, -0.1) is 0 Å². The minimum atomic E-state index is 0.457. The molecule has 0 unspecified atom stereocenters. The van der Waals surface area contributed by atoms with E-state index in [2.05, 4.69) is 18.3 Å². The highest BCUT2D eigenvalue weighted by atomic mass is 16.3. The van der Waals surface area contributed by atoms with E-state index in [0.29, 0.717) is 5.75 Å². The molecule has 0 spiro atoms. The summed E-state index contributed by atoms with van der Waals surface area (Å²) in [5.41, 5.74) is 2.36. The molecule has 0 aromatic heterocycles. The van der Waals surface area contributed by atoms with Crippen molar-refractivity contribution < 1.29 is 5.11 Å². The number of unbranched alkanes of at least 4 members (excludes halogenated alkanes) is 6. The summed E-state index contributed by atoms with van der Waals surface area (Å²) >= 11 is 0. The highest BCUT2D eigenvalue weighted by molar-refractivity contribution is 5.39. The molecule has 1 aromatic rings. The van der Waals surface area contributed by atoms with Crippen molar-refractivity contribution in [2.45, 2.75) is 64.8 Å². The van der Waals surface area contributed by atoms with Gasteiger partial charge in [-0.1, -0.05) is 57.6 Å². The van der Waals surface area contributed by atoms with Crippen LogP contribution < -0.4 is 5.32 Å². The first-order chi connectivity index (χ1) is 9.29. The Bertz CT molecular complexity index is 349. The number of phenolic OH excluding ortho intramolecular Hbond substituents is 1. The largest absolute Gasteiger partial charge is 0.508 e. The average molecular weight is 263 g/mol. The van der Waals surface area contributed by atoms with Gasteiger partial charge in [0.15, 0.2) is 0 Å². The molecule has 0 saturated carbocycles. The Morgan fingerprint density at radius 2 is 1.68 bits per heavy atom. The summed E-state index contributed by atoms with van der Waals surface area (Å²) in [6.07, 6.45) is 10.2. The van der Waals surface area contributed by atoms with Crippen LogP contribution >= 0.6 is 0 Å². The van der Waals surface area contributed by atoms with Crippen molar-refractivity contribution >= 4 is 0 Å². The van der Waals surface area contributed by atoms with Crippen molar-refractivity contribution in [2.75, 3.05) is 7.05 Å². The fourth-order valence-corrected chi connectivity index (χ4v) is 2.52. The lowest BCUT2D eigenvalue weighted by Crippen LogP contribution is -2.07. The van der Waals surface area contributed by atoms with Gasteiger partial charge in [-0.05, 0) is 37.1 Å². The smallest absolute Gasteiger partial charge is 0.119 e. The van der Waals surface area contributed by atoms with Gasteiger partial charge in [0, 0.05) is 6.54 Å². The molecule has 2 N–H and O–H groups in total. The van der Waals surface area contributed by atoms with E-state index in [1.807, 2.05) is 13.1 Å². The van der Waals surface area contributed by atoms with Crippen LogP contribution in [0.3, 0.4) is 0 Å². The molecule has 0 radical (unpaired) electrons. The minimum Gasteiger partial charge on any atom is -0.508 e. The maximum atomic E-state index is 9.96. The van der Waals surface area contributed by atoms with E-state index < -0.39 is 0 Å². The number of aromatic hydroxyl groups is 1. The van der Waals surface area contributed by atoms with Gasteiger partial charge in [-0.3, -0.25) is 0 Å². The van der Waals surface area contributed by atoms with E-state index in [1.165, 1.54) is 50.5 Å². The number of hydrogen-bond donors (Lipinski definition) is 2. The molecule has 0 aliphatic heterocycles. The zero-order chi connectivity index (χ0) is 13.9. The fraction of sp³-hybridized carbons (Fsp3) is 0.647. The summed E-state index contributed by atoms with van der Waals surface area (Å²) in [5.74, 6) is 0.457.